The second-order valence-electron chi connectivity index (χ2n) is 12.1. The van der Waals surface area contributed by atoms with Crippen molar-refractivity contribution in [3.05, 3.63) is 46.6 Å². The monoisotopic (exact) mass is 649 g/mol. The zero-order chi connectivity index (χ0) is 32.2. The van der Waals surface area contributed by atoms with E-state index in [0.717, 1.165) is 76.9 Å². The van der Waals surface area contributed by atoms with Crippen LogP contribution in [0.1, 0.15) is 41.7 Å². The van der Waals surface area contributed by atoms with E-state index in [-0.39, 0.29) is 17.4 Å². The number of aromatic nitrogens is 2. The number of carbonyl (C=O) groups excluding carboxylic acids is 1. The lowest BCUT2D eigenvalue weighted by Crippen LogP contribution is -2.65. The van der Waals surface area contributed by atoms with Crippen LogP contribution in [0.4, 0.5) is 19.0 Å². The molecule has 6 rings (SSSR count). The van der Waals surface area contributed by atoms with Gasteiger partial charge in [-0.05, 0) is 55.9 Å². The third-order valence-electron chi connectivity index (χ3n) is 8.80. The van der Waals surface area contributed by atoms with Crippen molar-refractivity contribution in [2.45, 2.75) is 38.0 Å². The SMILES string of the molecule is N#Cc1ccc(OC2CC3(C2)CN(C(=O)c2ccc(N4CCC(CN5CCNCC5)CC4)nn2)C3)cc1Cl.O=C(O)C(F)(F)F. The van der Waals surface area contributed by atoms with E-state index in [1.54, 1.807) is 18.2 Å². The van der Waals surface area contributed by atoms with E-state index in [1.807, 2.05) is 17.0 Å². The molecular formula is C30H35ClF3N7O4. The molecule has 3 aliphatic heterocycles. The number of benzene rings is 1. The molecule has 0 radical (unpaired) electrons. The molecule has 1 spiro atoms. The smallest absolute Gasteiger partial charge is 0.490 e. The first-order valence-electron chi connectivity index (χ1n) is 14.9. The summed E-state index contributed by atoms with van der Waals surface area (Å²) in [7, 11) is 0. The number of hydrogen-bond donors (Lipinski definition) is 2. The van der Waals surface area contributed by atoms with E-state index in [1.165, 1.54) is 19.4 Å². The number of aliphatic carboxylic acids is 1. The minimum atomic E-state index is -5.08. The van der Waals surface area contributed by atoms with Gasteiger partial charge in [-0.15, -0.1) is 10.2 Å². The van der Waals surface area contributed by atoms with Crippen LogP contribution in [-0.4, -0.2) is 108 Å². The van der Waals surface area contributed by atoms with Gasteiger partial charge in [0.1, 0.15) is 17.9 Å². The zero-order valence-corrected chi connectivity index (χ0v) is 25.4. The van der Waals surface area contributed by atoms with E-state index in [4.69, 9.17) is 31.5 Å². The standard InChI is InChI=1S/C28H34ClN7O2.C2HF3O2/c29-24-13-22(2-1-21(24)16-30)38-23-14-28(15-23)18-36(19-28)27(37)25-3-4-26(33-32-25)35-9-5-20(6-10-35)17-34-11-7-31-8-12-34;3-2(4,5)1(6)7/h1-4,13,20,23,31H,5-12,14-15,17-19H2;(H,6,7). The maximum atomic E-state index is 13.0. The van der Waals surface area contributed by atoms with Crippen molar-refractivity contribution in [3.63, 3.8) is 0 Å². The largest absolute Gasteiger partial charge is 0.490 e. The highest BCUT2D eigenvalue weighted by atomic mass is 35.5. The quantitative estimate of drug-likeness (QED) is 0.479. The summed E-state index contributed by atoms with van der Waals surface area (Å²) in [6.45, 7) is 9.14. The van der Waals surface area contributed by atoms with E-state index in [2.05, 4.69) is 31.4 Å². The highest BCUT2D eigenvalue weighted by molar-refractivity contribution is 6.31. The Kier molecular flexibility index (Phi) is 10.0. The predicted molar refractivity (Wildman–Crippen MR) is 158 cm³/mol. The molecule has 242 valence electrons. The Morgan fingerprint density at radius 2 is 1.76 bits per heavy atom. The van der Waals surface area contributed by atoms with E-state index < -0.39 is 12.1 Å². The number of carboxylic acids is 1. The Labute approximate surface area is 263 Å². The van der Waals surface area contributed by atoms with Gasteiger partial charge in [0.2, 0.25) is 0 Å². The van der Waals surface area contributed by atoms with Crippen LogP contribution in [0.25, 0.3) is 0 Å². The first-order valence-corrected chi connectivity index (χ1v) is 15.3. The molecule has 0 bridgehead atoms. The number of ether oxygens (including phenoxy) is 1. The van der Waals surface area contributed by atoms with E-state index >= 15 is 0 Å². The number of carbonyl (C=O) groups is 2. The van der Waals surface area contributed by atoms with Crippen molar-refractivity contribution in [3.8, 4) is 11.8 Å². The Bertz CT molecular complexity index is 1390. The van der Waals surface area contributed by atoms with Crippen LogP contribution in [0.3, 0.4) is 0 Å². The molecule has 1 aromatic heterocycles. The van der Waals surface area contributed by atoms with Gasteiger partial charge >= 0.3 is 12.1 Å². The summed E-state index contributed by atoms with van der Waals surface area (Å²) in [4.78, 5) is 28.6. The van der Waals surface area contributed by atoms with Gasteiger partial charge < -0.3 is 29.9 Å². The average Bonchev–Trinajstić information content (AvgIpc) is 2.98. The number of hydrogen-bond acceptors (Lipinski definition) is 9. The van der Waals surface area contributed by atoms with Crippen molar-refractivity contribution in [1.82, 2.24) is 25.3 Å². The number of rotatable bonds is 6. The fraction of sp³-hybridized carbons (Fsp3) is 0.567. The van der Waals surface area contributed by atoms with Crippen molar-refractivity contribution < 1.29 is 32.6 Å². The van der Waals surface area contributed by atoms with Crippen LogP contribution in [0.2, 0.25) is 5.02 Å². The average molecular weight is 650 g/mol. The molecule has 2 N–H and O–H groups in total. The van der Waals surface area contributed by atoms with Crippen LogP contribution in [0, 0.1) is 22.7 Å². The maximum absolute atomic E-state index is 13.0. The van der Waals surface area contributed by atoms with Crippen molar-refractivity contribution >= 4 is 29.3 Å². The first kappa shape index (κ1) is 32.7. The molecule has 11 nitrogen and oxygen atoms in total. The van der Waals surface area contributed by atoms with Gasteiger partial charge in [-0.25, -0.2) is 4.79 Å². The van der Waals surface area contributed by atoms with Gasteiger partial charge in [-0.1, -0.05) is 11.6 Å². The molecule has 0 unspecified atom stereocenters. The summed E-state index contributed by atoms with van der Waals surface area (Å²) >= 11 is 6.11. The van der Waals surface area contributed by atoms with Crippen molar-refractivity contribution in [2.75, 3.05) is 63.8 Å². The summed E-state index contributed by atoms with van der Waals surface area (Å²) < 4.78 is 37.8. The van der Waals surface area contributed by atoms with Gasteiger partial charge in [0.25, 0.3) is 5.91 Å². The zero-order valence-electron chi connectivity index (χ0n) is 24.6. The minimum absolute atomic E-state index is 0.0485. The molecule has 45 heavy (non-hydrogen) atoms. The summed E-state index contributed by atoms with van der Waals surface area (Å²) in [5.74, 6) is -0.514. The summed E-state index contributed by atoms with van der Waals surface area (Å²) in [6, 6.07) is 11.0. The van der Waals surface area contributed by atoms with Crippen LogP contribution >= 0.6 is 11.6 Å². The number of amides is 1. The molecular weight excluding hydrogens is 615 g/mol. The number of nitriles is 1. The number of anilines is 1. The molecule has 4 aliphatic rings. The second kappa shape index (κ2) is 13.8. The summed E-state index contributed by atoms with van der Waals surface area (Å²) in [5.41, 5.74) is 0.995. The molecule has 1 saturated carbocycles. The van der Waals surface area contributed by atoms with Crippen LogP contribution in [0.5, 0.6) is 5.75 Å². The Morgan fingerprint density at radius 3 is 2.31 bits per heavy atom. The number of halogens is 4. The van der Waals surface area contributed by atoms with Crippen LogP contribution in [0.15, 0.2) is 30.3 Å². The normalized spacial score (nSPS) is 20.3. The van der Waals surface area contributed by atoms with Gasteiger partial charge in [-0.2, -0.15) is 18.4 Å². The lowest BCUT2D eigenvalue weighted by molar-refractivity contribution is -0.192. The molecule has 4 heterocycles. The Hall–Kier alpha value is -3.67. The van der Waals surface area contributed by atoms with Gasteiger partial charge in [-0.3, -0.25) is 4.79 Å². The van der Waals surface area contributed by atoms with E-state index in [0.29, 0.717) is 22.0 Å². The highest BCUT2D eigenvalue weighted by Crippen LogP contribution is 2.50. The summed E-state index contributed by atoms with van der Waals surface area (Å²) in [6.07, 6.45) is -0.819. The molecule has 0 atom stereocenters. The maximum Gasteiger partial charge on any atom is 0.490 e. The molecule has 3 saturated heterocycles. The van der Waals surface area contributed by atoms with Gasteiger partial charge in [0, 0.05) is 70.4 Å². The predicted octanol–water partition coefficient (Wildman–Crippen LogP) is 3.44. The van der Waals surface area contributed by atoms with E-state index in [9.17, 15) is 18.0 Å². The number of nitrogens with one attached hydrogen (secondary N) is 1. The number of alkyl halides is 3. The fourth-order valence-electron chi connectivity index (χ4n) is 6.38. The fourth-order valence-corrected chi connectivity index (χ4v) is 6.59. The lowest BCUT2D eigenvalue weighted by Gasteiger charge is -2.58. The lowest BCUT2D eigenvalue weighted by atomic mass is 9.61. The van der Waals surface area contributed by atoms with Crippen molar-refractivity contribution in [1.29, 1.82) is 5.26 Å². The number of nitrogens with zero attached hydrogens (tertiary/aromatic N) is 6. The van der Waals surface area contributed by atoms with Crippen LogP contribution < -0.4 is 15.0 Å². The number of carboxylic acid groups (broad SMARTS) is 1. The Morgan fingerprint density at radius 1 is 1.09 bits per heavy atom. The molecule has 15 heteroatoms. The highest BCUT2D eigenvalue weighted by Gasteiger charge is 2.55. The third-order valence-corrected chi connectivity index (χ3v) is 9.11. The van der Waals surface area contributed by atoms with Gasteiger partial charge in [0.15, 0.2) is 11.5 Å². The van der Waals surface area contributed by atoms with Crippen LogP contribution in [-0.2, 0) is 4.79 Å². The minimum Gasteiger partial charge on any atom is -0.490 e. The summed E-state index contributed by atoms with van der Waals surface area (Å²) in [5, 5.41) is 28.7. The van der Waals surface area contributed by atoms with Crippen molar-refractivity contribution in [2.24, 2.45) is 11.3 Å². The third kappa shape index (κ3) is 8.14. The molecule has 4 fully saturated rings. The number of piperazine rings is 1. The second-order valence-corrected chi connectivity index (χ2v) is 12.5. The van der Waals surface area contributed by atoms with Gasteiger partial charge in [0.05, 0.1) is 10.6 Å². The molecule has 1 aromatic carbocycles. The Balaban J connectivity index is 0.000000515. The number of piperidine rings is 1. The molecule has 2 aromatic rings. The number of likely N-dealkylation sites (tertiary alicyclic amines) is 1. The molecule has 1 amide bonds. The topological polar surface area (TPSA) is 135 Å². The first-order chi connectivity index (χ1) is 21.4. The molecule has 1 aliphatic carbocycles.